The summed E-state index contributed by atoms with van der Waals surface area (Å²) in [6.07, 6.45) is 5.21. The molecule has 2 aromatic rings. The lowest BCUT2D eigenvalue weighted by Gasteiger charge is -2.31. The molecule has 0 saturated heterocycles. The fraction of sp³-hybridized carbons (Fsp3) is 0.481. The van der Waals surface area contributed by atoms with E-state index in [0.717, 1.165) is 30.7 Å². The maximum atomic E-state index is 13.6. The van der Waals surface area contributed by atoms with E-state index in [1.54, 1.807) is 26.8 Å². The molecule has 3 rings (SSSR count). The van der Waals surface area contributed by atoms with E-state index in [1.807, 2.05) is 0 Å². The predicted molar refractivity (Wildman–Crippen MR) is 130 cm³/mol. The lowest BCUT2D eigenvalue weighted by molar-refractivity contribution is -0.167. The van der Waals surface area contributed by atoms with E-state index in [9.17, 15) is 23.6 Å². The van der Waals surface area contributed by atoms with E-state index >= 15 is 0 Å². The Hall–Kier alpha value is -3.49. The average molecular weight is 501 g/mol. The third-order valence-corrected chi connectivity index (χ3v) is 5.98. The van der Waals surface area contributed by atoms with Gasteiger partial charge in [0.15, 0.2) is 11.8 Å². The Morgan fingerprint density at radius 1 is 1.19 bits per heavy atom. The Kier molecular flexibility index (Phi) is 9.01. The molecule has 1 aliphatic carbocycles. The number of ether oxygens (including phenoxy) is 1. The molecule has 1 saturated carbocycles. The number of aldehydes is 1. The van der Waals surface area contributed by atoms with Gasteiger partial charge in [-0.15, -0.1) is 0 Å². The van der Waals surface area contributed by atoms with E-state index in [4.69, 9.17) is 9.15 Å². The molecular weight excluding hydrogens is 467 g/mol. The van der Waals surface area contributed by atoms with Crippen molar-refractivity contribution in [3.8, 4) is 11.3 Å². The molecule has 0 spiro atoms. The summed E-state index contributed by atoms with van der Waals surface area (Å²) in [5.74, 6) is -2.01. The van der Waals surface area contributed by atoms with Gasteiger partial charge in [-0.3, -0.25) is 15.0 Å². The maximum absolute atomic E-state index is 13.6. The summed E-state index contributed by atoms with van der Waals surface area (Å²) in [6, 6.07) is 7.26. The first kappa shape index (κ1) is 27.1. The first-order valence-electron chi connectivity index (χ1n) is 12.2. The molecule has 1 unspecified atom stereocenters. The van der Waals surface area contributed by atoms with Crippen LogP contribution in [-0.2, 0) is 19.1 Å². The molecule has 1 N–H and O–H groups in total. The summed E-state index contributed by atoms with van der Waals surface area (Å²) in [5, 5.41) is 0.893. The molecule has 194 valence electrons. The Morgan fingerprint density at radius 3 is 2.56 bits per heavy atom. The Balaban J connectivity index is 1.82. The summed E-state index contributed by atoms with van der Waals surface area (Å²) in [4.78, 5) is 50.6. The molecule has 36 heavy (non-hydrogen) atoms. The molecule has 0 bridgehead atoms. The van der Waals surface area contributed by atoms with E-state index < -0.39 is 35.2 Å². The second-order valence-electron chi connectivity index (χ2n) is 10.0. The molecule has 1 aliphatic rings. The van der Waals surface area contributed by atoms with Gasteiger partial charge in [-0.05, 0) is 57.4 Å². The van der Waals surface area contributed by atoms with Crippen LogP contribution in [0.5, 0.6) is 0 Å². The number of halogens is 1. The lowest BCUT2D eigenvalue weighted by Crippen LogP contribution is -2.56. The number of furan rings is 1. The Morgan fingerprint density at radius 2 is 1.92 bits per heavy atom. The maximum Gasteiger partial charge on any atom is 0.331 e. The third kappa shape index (κ3) is 7.50. The highest BCUT2D eigenvalue weighted by atomic mass is 19.1. The first-order valence-corrected chi connectivity index (χ1v) is 12.2. The van der Waals surface area contributed by atoms with E-state index in [1.165, 1.54) is 30.3 Å². The molecule has 8 nitrogen and oxygen atoms in total. The van der Waals surface area contributed by atoms with Gasteiger partial charge in [-0.2, -0.15) is 0 Å². The molecule has 1 fully saturated rings. The molecule has 0 radical (unpaired) electrons. The van der Waals surface area contributed by atoms with Crippen molar-refractivity contribution in [2.45, 2.75) is 77.4 Å². The van der Waals surface area contributed by atoms with Crippen LogP contribution in [0, 0.1) is 11.7 Å². The van der Waals surface area contributed by atoms with Gasteiger partial charge >= 0.3 is 11.9 Å². The van der Waals surface area contributed by atoms with Crippen molar-refractivity contribution in [3.05, 3.63) is 48.0 Å². The van der Waals surface area contributed by atoms with E-state index in [2.05, 4.69) is 5.43 Å². The van der Waals surface area contributed by atoms with Crippen molar-refractivity contribution >= 4 is 24.1 Å². The second-order valence-corrected chi connectivity index (χ2v) is 10.0. The fourth-order valence-electron chi connectivity index (χ4n) is 4.25. The number of amides is 2. The zero-order valence-electron chi connectivity index (χ0n) is 20.9. The monoisotopic (exact) mass is 500 g/mol. The SMILES string of the molecule is CC(C)(C)OC(=O)C(CC=O)N(NC(=O)c1ccc(-c2cccc(F)c2)o1)C(=O)CCC1CCCC1. The standard InChI is InChI=1S/C27H33FN2O6/c1-27(2,3)36-26(34)21(15-16-31)30(24(32)14-11-18-7-4-5-8-18)29-25(33)23-13-12-22(35-23)19-9-6-10-20(28)17-19/h6,9-10,12-13,16-18,21H,4-5,7-8,11,14-15H2,1-3H3,(H,29,33). The topological polar surface area (TPSA) is 106 Å². The van der Waals surface area contributed by atoms with Gasteiger partial charge < -0.3 is 13.9 Å². The van der Waals surface area contributed by atoms with Gasteiger partial charge in [0.1, 0.15) is 23.5 Å². The van der Waals surface area contributed by atoms with Gasteiger partial charge in [0.2, 0.25) is 5.91 Å². The van der Waals surface area contributed by atoms with Crippen LogP contribution in [-0.4, -0.2) is 40.7 Å². The molecule has 0 aliphatic heterocycles. The minimum absolute atomic E-state index is 0.107. The second kappa shape index (κ2) is 12.0. The predicted octanol–water partition coefficient (Wildman–Crippen LogP) is 4.83. The minimum atomic E-state index is -1.33. The molecule has 1 aromatic carbocycles. The van der Waals surface area contributed by atoms with Crippen molar-refractivity contribution in [1.29, 1.82) is 0 Å². The van der Waals surface area contributed by atoms with Crippen molar-refractivity contribution in [3.63, 3.8) is 0 Å². The van der Waals surface area contributed by atoms with Crippen LogP contribution in [0.4, 0.5) is 4.39 Å². The van der Waals surface area contributed by atoms with Gasteiger partial charge in [-0.25, -0.2) is 14.2 Å². The largest absolute Gasteiger partial charge is 0.458 e. The average Bonchev–Trinajstić information content (AvgIpc) is 3.51. The third-order valence-electron chi connectivity index (χ3n) is 5.98. The summed E-state index contributed by atoms with van der Waals surface area (Å²) in [6.45, 7) is 5.01. The van der Waals surface area contributed by atoms with Crippen LogP contribution in [0.15, 0.2) is 40.8 Å². The number of hydrogen-bond donors (Lipinski definition) is 1. The Labute approximate surface area is 210 Å². The van der Waals surface area contributed by atoms with Gasteiger partial charge in [0.25, 0.3) is 0 Å². The highest BCUT2D eigenvalue weighted by molar-refractivity contribution is 5.95. The highest BCUT2D eigenvalue weighted by Crippen LogP contribution is 2.29. The number of carbonyl (C=O) groups is 4. The number of rotatable bonds is 9. The quantitative estimate of drug-likeness (QED) is 0.300. The highest BCUT2D eigenvalue weighted by Gasteiger charge is 2.35. The van der Waals surface area contributed by atoms with E-state index in [0.29, 0.717) is 24.2 Å². The molecular formula is C27H33FN2O6. The molecule has 1 aromatic heterocycles. The summed E-state index contributed by atoms with van der Waals surface area (Å²) in [7, 11) is 0. The van der Waals surface area contributed by atoms with Crippen molar-refractivity contribution in [2.24, 2.45) is 5.92 Å². The smallest absolute Gasteiger partial charge is 0.331 e. The fourth-order valence-corrected chi connectivity index (χ4v) is 4.25. The zero-order valence-corrected chi connectivity index (χ0v) is 20.9. The van der Waals surface area contributed by atoms with Gasteiger partial charge in [0.05, 0.1) is 0 Å². The van der Waals surface area contributed by atoms with Gasteiger partial charge in [-0.1, -0.05) is 37.8 Å². The minimum Gasteiger partial charge on any atom is -0.458 e. The van der Waals surface area contributed by atoms with Crippen LogP contribution in [0.25, 0.3) is 11.3 Å². The summed E-state index contributed by atoms with van der Waals surface area (Å²) >= 11 is 0. The number of hydrazine groups is 1. The lowest BCUT2D eigenvalue weighted by atomic mass is 10.0. The van der Waals surface area contributed by atoms with Crippen LogP contribution < -0.4 is 5.43 Å². The van der Waals surface area contributed by atoms with Crippen molar-refractivity contribution in [1.82, 2.24) is 10.4 Å². The summed E-state index contributed by atoms with van der Waals surface area (Å²) in [5.41, 5.74) is 2.03. The summed E-state index contributed by atoms with van der Waals surface area (Å²) < 4.78 is 24.6. The molecule has 2 amide bonds. The first-order chi connectivity index (χ1) is 17.1. The van der Waals surface area contributed by atoms with Crippen LogP contribution in [0.2, 0.25) is 0 Å². The Bertz CT molecular complexity index is 1080. The van der Waals surface area contributed by atoms with Crippen LogP contribution in [0.3, 0.4) is 0 Å². The number of carbonyl (C=O) groups excluding carboxylic acids is 4. The normalized spacial score (nSPS) is 14.8. The number of nitrogens with zero attached hydrogens (tertiary/aromatic N) is 1. The number of nitrogens with one attached hydrogen (secondary N) is 1. The molecule has 1 heterocycles. The molecule has 9 heteroatoms. The number of esters is 1. The number of benzene rings is 1. The van der Waals surface area contributed by atoms with Crippen molar-refractivity contribution in [2.75, 3.05) is 0 Å². The number of hydrogen-bond acceptors (Lipinski definition) is 6. The van der Waals surface area contributed by atoms with E-state index in [-0.39, 0.29) is 24.4 Å². The van der Waals surface area contributed by atoms with Crippen LogP contribution >= 0.6 is 0 Å². The van der Waals surface area contributed by atoms with Crippen LogP contribution in [0.1, 0.15) is 76.3 Å². The zero-order chi connectivity index (χ0) is 26.3. The van der Waals surface area contributed by atoms with Gasteiger partial charge in [0, 0.05) is 18.4 Å². The molecule has 1 atom stereocenters. The van der Waals surface area contributed by atoms with Crippen molar-refractivity contribution < 1.29 is 32.7 Å².